The van der Waals surface area contributed by atoms with Gasteiger partial charge >= 0.3 is 5.97 Å². The molecule has 1 heterocycles. The van der Waals surface area contributed by atoms with Crippen LogP contribution in [0.4, 0.5) is 0 Å². The average molecular weight is 313 g/mol. The third-order valence-corrected chi connectivity index (χ3v) is 3.50. The molecule has 0 spiro atoms. The van der Waals surface area contributed by atoms with E-state index in [-0.39, 0.29) is 18.4 Å². The molecule has 0 aliphatic heterocycles. The summed E-state index contributed by atoms with van der Waals surface area (Å²) in [6.07, 6.45) is 2.85. The molecule has 2 aromatic rings. The number of rotatable bonds is 6. The second-order valence-corrected chi connectivity index (χ2v) is 5.49. The fourth-order valence-corrected chi connectivity index (χ4v) is 2.30. The Balaban J connectivity index is 2.13. The largest absolute Gasteiger partial charge is 0.481 e. The summed E-state index contributed by atoms with van der Waals surface area (Å²) in [6, 6.07) is 8.83. The highest BCUT2D eigenvalue weighted by Crippen LogP contribution is 2.17. The monoisotopic (exact) mass is 313 g/mol. The van der Waals surface area contributed by atoms with Gasteiger partial charge in [0.05, 0.1) is 17.2 Å². The van der Waals surface area contributed by atoms with E-state index in [0.717, 1.165) is 0 Å². The highest BCUT2D eigenvalue weighted by Gasteiger charge is 2.22. The zero-order chi connectivity index (χ0) is 16.8. The summed E-state index contributed by atoms with van der Waals surface area (Å²) in [5.41, 5.74) is 1.66. The highest BCUT2D eigenvalue weighted by molar-refractivity contribution is 5.95. The number of benzene rings is 1. The summed E-state index contributed by atoms with van der Waals surface area (Å²) in [7, 11) is 0. The van der Waals surface area contributed by atoms with Gasteiger partial charge in [-0.15, -0.1) is 0 Å². The first kappa shape index (κ1) is 16.6. The number of nitrogens with zero attached hydrogens (tertiary/aromatic N) is 2. The van der Waals surface area contributed by atoms with Crippen LogP contribution in [-0.2, 0) is 4.79 Å². The molecule has 120 valence electrons. The van der Waals surface area contributed by atoms with Crippen molar-refractivity contribution in [3.8, 4) is 0 Å². The average Bonchev–Trinajstić information content (AvgIpc) is 2.55. The lowest BCUT2D eigenvalue weighted by atomic mass is 9.99. The maximum atomic E-state index is 12.3. The Kier molecular flexibility index (Phi) is 5.41. The number of hydrogen-bond acceptors (Lipinski definition) is 4. The number of aromatic nitrogens is 2. The van der Waals surface area contributed by atoms with Crippen molar-refractivity contribution in [2.45, 2.75) is 25.7 Å². The summed E-state index contributed by atoms with van der Waals surface area (Å²) in [6.45, 7) is 3.87. The van der Waals surface area contributed by atoms with Crippen LogP contribution in [-0.4, -0.2) is 33.5 Å². The number of amides is 1. The predicted molar refractivity (Wildman–Crippen MR) is 85.3 cm³/mol. The molecular weight excluding hydrogens is 294 g/mol. The van der Waals surface area contributed by atoms with Gasteiger partial charge in [-0.2, -0.15) is 0 Å². The molecule has 1 aromatic heterocycles. The molecule has 0 aliphatic carbocycles. The van der Waals surface area contributed by atoms with Crippen molar-refractivity contribution in [3.05, 3.63) is 59.7 Å². The molecule has 1 amide bonds. The summed E-state index contributed by atoms with van der Waals surface area (Å²) in [5.74, 6) is -2.07. The van der Waals surface area contributed by atoms with Gasteiger partial charge in [-0.25, -0.2) is 9.97 Å². The molecule has 23 heavy (non-hydrogen) atoms. The molecule has 1 aromatic carbocycles. The van der Waals surface area contributed by atoms with Crippen LogP contribution in [0.25, 0.3) is 0 Å². The standard InChI is InChI=1S/C17H19N3O3/c1-11(2)15-14(8-18-10-20-15)16(21)19-9-13(17(22)23)12-6-4-3-5-7-12/h3-8,10-11,13H,9H2,1-2H3,(H,19,21)(H,22,23). The number of carbonyl (C=O) groups excluding carboxylic acids is 1. The van der Waals surface area contributed by atoms with Crippen LogP contribution in [0.15, 0.2) is 42.9 Å². The highest BCUT2D eigenvalue weighted by atomic mass is 16.4. The molecule has 0 fully saturated rings. The summed E-state index contributed by atoms with van der Waals surface area (Å²) >= 11 is 0. The topological polar surface area (TPSA) is 92.2 Å². The number of carboxylic acid groups (broad SMARTS) is 1. The van der Waals surface area contributed by atoms with E-state index < -0.39 is 11.9 Å². The summed E-state index contributed by atoms with van der Waals surface area (Å²) in [5, 5.41) is 12.1. The number of aliphatic carboxylic acids is 1. The van der Waals surface area contributed by atoms with Gasteiger partial charge in [-0.3, -0.25) is 9.59 Å². The fraction of sp³-hybridized carbons (Fsp3) is 0.294. The maximum absolute atomic E-state index is 12.3. The van der Waals surface area contributed by atoms with E-state index in [2.05, 4.69) is 15.3 Å². The van der Waals surface area contributed by atoms with Crippen molar-refractivity contribution < 1.29 is 14.7 Å². The molecule has 6 heteroatoms. The Morgan fingerprint density at radius 3 is 2.52 bits per heavy atom. The van der Waals surface area contributed by atoms with E-state index in [0.29, 0.717) is 16.8 Å². The van der Waals surface area contributed by atoms with E-state index >= 15 is 0 Å². The van der Waals surface area contributed by atoms with E-state index in [1.807, 2.05) is 19.9 Å². The predicted octanol–water partition coefficient (Wildman–Crippen LogP) is 2.20. The first-order valence-electron chi connectivity index (χ1n) is 7.36. The first-order chi connectivity index (χ1) is 11.0. The van der Waals surface area contributed by atoms with Gasteiger partial charge in [0.25, 0.3) is 5.91 Å². The van der Waals surface area contributed by atoms with Crippen LogP contribution >= 0.6 is 0 Å². The minimum Gasteiger partial charge on any atom is -0.481 e. The van der Waals surface area contributed by atoms with Crippen molar-refractivity contribution in [3.63, 3.8) is 0 Å². The lowest BCUT2D eigenvalue weighted by molar-refractivity contribution is -0.138. The Hall–Kier alpha value is -2.76. The summed E-state index contributed by atoms with van der Waals surface area (Å²) < 4.78 is 0. The smallest absolute Gasteiger partial charge is 0.312 e. The zero-order valence-electron chi connectivity index (χ0n) is 13.1. The Morgan fingerprint density at radius 1 is 1.22 bits per heavy atom. The Morgan fingerprint density at radius 2 is 1.91 bits per heavy atom. The van der Waals surface area contributed by atoms with Crippen LogP contribution in [0, 0.1) is 0 Å². The molecule has 0 saturated carbocycles. The minimum atomic E-state index is -0.982. The van der Waals surface area contributed by atoms with Crippen molar-refractivity contribution in [1.82, 2.24) is 15.3 Å². The number of nitrogens with one attached hydrogen (secondary N) is 1. The molecule has 0 aliphatic rings. The van der Waals surface area contributed by atoms with Crippen LogP contribution in [0.1, 0.15) is 47.3 Å². The Labute approximate surface area is 134 Å². The number of hydrogen-bond donors (Lipinski definition) is 2. The van der Waals surface area contributed by atoms with Gasteiger partial charge in [-0.05, 0) is 11.5 Å². The summed E-state index contributed by atoms with van der Waals surface area (Å²) in [4.78, 5) is 31.8. The van der Waals surface area contributed by atoms with Crippen molar-refractivity contribution in [2.24, 2.45) is 0 Å². The van der Waals surface area contributed by atoms with Gasteiger partial charge in [0.2, 0.25) is 0 Å². The molecule has 0 bridgehead atoms. The van der Waals surface area contributed by atoms with Crippen molar-refractivity contribution in [2.75, 3.05) is 6.54 Å². The minimum absolute atomic E-state index is 0.00457. The van der Waals surface area contributed by atoms with Crippen LogP contribution in [0.2, 0.25) is 0 Å². The molecule has 6 nitrogen and oxygen atoms in total. The van der Waals surface area contributed by atoms with E-state index in [4.69, 9.17) is 0 Å². The lowest BCUT2D eigenvalue weighted by Gasteiger charge is -2.15. The molecule has 2 rings (SSSR count). The molecule has 0 saturated heterocycles. The first-order valence-corrected chi connectivity index (χ1v) is 7.36. The van der Waals surface area contributed by atoms with Crippen LogP contribution in [0.5, 0.6) is 0 Å². The molecule has 1 unspecified atom stereocenters. The van der Waals surface area contributed by atoms with Gasteiger partial charge < -0.3 is 10.4 Å². The lowest BCUT2D eigenvalue weighted by Crippen LogP contribution is -2.32. The fourth-order valence-electron chi connectivity index (χ4n) is 2.30. The molecule has 2 N–H and O–H groups in total. The second-order valence-electron chi connectivity index (χ2n) is 5.49. The SMILES string of the molecule is CC(C)c1ncncc1C(=O)NCC(C(=O)O)c1ccccc1. The normalized spacial score (nSPS) is 12.0. The second kappa shape index (κ2) is 7.49. The zero-order valence-corrected chi connectivity index (χ0v) is 13.1. The third kappa shape index (κ3) is 4.12. The number of carbonyl (C=O) groups is 2. The van der Waals surface area contributed by atoms with Crippen molar-refractivity contribution in [1.29, 1.82) is 0 Å². The van der Waals surface area contributed by atoms with E-state index in [9.17, 15) is 14.7 Å². The Bertz CT molecular complexity index is 686. The van der Waals surface area contributed by atoms with Gasteiger partial charge in [0, 0.05) is 12.7 Å². The van der Waals surface area contributed by atoms with E-state index in [1.165, 1.54) is 12.5 Å². The van der Waals surface area contributed by atoms with Crippen molar-refractivity contribution >= 4 is 11.9 Å². The molecule has 0 radical (unpaired) electrons. The van der Waals surface area contributed by atoms with Gasteiger partial charge in [-0.1, -0.05) is 44.2 Å². The maximum Gasteiger partial charge on any atom is 0.312 e. The van der Waals surface area contributed by atoms with Crippen LogP contribution < -0.4 is 5.32 Å². The van der Waals surface area contributed by atoms with Crippen LogP contribution in [0.3, 0.4) is 0 Å². The number of carboxylic acids is 1. The van der Waals surface area contributed by atoms with E-state index in [1.54, 1.807) is 24.3 Å². The molecule has 1 atom stereocenters. The molecular formula is C17H19N3O3. The van der Waals surface area contributed by atoms with Gasteiger partial charge in [0.15, 0.2) is 0 Å². The third-order valence-electron chi connectivity index (χ3n) is 3.50. The quantitative estimate of drug-likeness (QED) is 0.853. The van der Waals surface area contributed by atoms with Gasteiger partial charge in [0.1, 0.15) is 6.33 Å².